The van der Waals surface area contributed by atoms with Gasteiger partial charge in [0, 0.05) is 19.1 Å². The molecule has 25 heavy (non-hydrogen) atoms. The molecule has 128 valence electrons. The lowest BCUT2D eigenvalue weighted by molar-refractivity contribution is -0.122. The second-order valence-electron chi connectivity index (χ2n) is 6.44. The molecule has 0 saturated carbocycles. The number of anilines is 1. The first-order chi connectivity index (χ1) is 12.1. The number of nitrogens with two attached hydrogens (primary N) is 1. The van der Waals surface area contributed by atoms with Crippen LogP contribution < -0.4 is 16.0 Å². The van der Waals surface area contributed by atoms with E-state index in [1.807, 2.05) is 48.5 Å². The zero-order chi connectivity index (χ0) is 17.8. The van der Waals surface area contributed by atoms with Crippen molar-refractivity contribution in [2.24, 2.45) is 5.73 Å². The molecule has 5 heteroatoms. The number of rotatable bonds is 4. The van der Waals surface area contributed by atoms with Gasteiger partial charge < -0.3 is 16.0 Å². The monoisotopic (exact) mass is 334 g/mol. The third-order valence-corrected chi connectivity index (χ3v) is 4.51. The Morgan fingerprint density at radius 1 is 1.28 bits per heavy atom. The number of hydrogen-bond acceptors (Lipinski definition) is 4. The van der Waals surface area contributed by atoms with Crippen molar-refractivity contribution in [3.8, 4) is 17.2 Å². The maximum atomic E-state index is 11.8. The van der Waals surface area contributed by atoms with Gasteiger partial charge in [-0.15, -0.1) is 0 Å². The lowest BCUT2D eigenvalue weighted by atomic mass is 10.0. The maximum Gasteiger partial charge on any atom is 0.236 e. The highest BCUT2D eigenvalue weighted by molar-refractivity contribution is 5.81. The molecule has 1 saturated heterocycles. The van der Waals surface area contributed by atoms with Gasteiger partial charge >= 0.3 is 0 Å². The third-order valence-electron chi connectivity index (χ3n) is 4.51. The first-order valence-corrected chi connectivity index (χ1v) is 8.49. The highest BCUT2D eigenvalue weighted by Crippen LogP contribution is 2.29. The molecule has 0 bridgehead atoms. The minimum Gasteiger partial charge on any atom is -0.368 e. The number of carbonyl (C=O) groups excluding carboxylic acids is 1. The Kier molecular flexibility index (Phi) is 5.01. The molecule has 2 aromatic rings. The molecule has 2 aromatic carbocycles. The topological polar surface area (TPSA) is 82.2 Å². The molecule has 1 heterocycles. The van der Waals surface area contributed by atoms with Crippen molar-refractivity contribution in [1.29, 1.82) is 5.26 Å². The average Bonchev–Trinajstić information content (AvgIpc) is 3.10. The van der Waals surface area contributed by atoms with Crippen LogP contribution in [0.1, 0.15) is 18.9 Å². The fraction of sp³-hybridized carbons (Fsp3) is 0.300. The highest BCUT2D eigenvalue weighted by Gasteiger charge is 2.26. The predicted octanol–water partition coefficient (Wildman–Crippen LogP) is 2.27. The molecule has 0 spiro atoms. The van der Waals surface area contributed by atoms with E-state index in [1.54, 1.807) is 6.92 Å². The van der Waals surface area contributed by atoms with Gasteiger partial charge in [0.1, 0.15) is 6.07 Å². The molecular formula is C20H22N4O. The standard InChI is InChI=1S/C20H22N4O/c1-14(22)20(25)23-18-9-10-24(13-18)19-8-7-16(11-17(19)12-21)15-5-3-2-4-6-15/h2-8,11,14,18H,9-10,13,22H2,1H3,(H,23,25)/t14-,18-/m0/s1. The quantitative estimate of drug-likeness (QED) is 0.898. The molecule has 0 radical (unpaired) electrons. The van der Waals surface area contributed by atoms with Gasteiger partial charge in [0.25, 0.3) is 0 Å². The lowest BCUT2D eigenvalue weighted by Gasteiger charge is -2.21. The third kappa shape index (κ3) is 3.81. The van der Waals surface area contributed by atoms with Gasteiger partial charge in [0.15, 0.2) is 0 Å². The van der Waals surface area contributed by atoms with Gasteiger partial charge in [0.05, 0.1) is 17.3 Å². The smallest absolute Gasteiger partial charge is 0.236 e. The summed E-state index contributed by atoms with van der Waals surface area (Å²) in [5.74, 6) is -0.133. The largest absolute Gasteiger partial charge is 0.368 e. The van der Waals surface area contributed by atoms with Gasteiger partial charge in [-0.2, -0.15) is 5.26 Å². The van der Waals surface area contributed by atoms with Crippen LogP contribution in [-0.4, -0.2) is 31.1 Å². The van der Waals surface area contributed by atoms with E-state index in [9.17, 15) is 10.1 Å². The fourth-order valence-electron chi connectivity index (χ4n) is 3.14. The summed E-state index contributed by atoms with van der Waals surface area (Å²) in [5, 5.41) is 12.5. The van der Waals surface area contributed by atoms with Crippen molar-refractivity contribution in [2.75, 3.05) is 18.0 Å². The molecule has 5 nitrogen and oxygen atoms in total. The van der Waals surface area contributed by atoms with E-state index in [-0.39, 0.29) is 11.9 Å². The molecule has 0 aliphatic carbocycles. The second kappa shape index (κ2) is 7.37. The molecule has 3 rings (SSSR count). The second-order valence-corrected chi connectivity index (χ2v) is 6.44. The normalized spacial score (nSPS) is 17.8. The van der Waals surface area contributed by atoms with Crippen LogP contribution in [0.3, 0.4) is 0 Å². The van der Waals surface area contributed by atoms with Crippen LogP contribution in [0.15, 0.2) is 48.5 Å². The van der Waals surface area contributed by atoms with Crippen molar-refractivity contribution in [2.45, 2.75) is 25.4 Å². The Bertz CT molecular complexity index is 795. The summed E-state index contributed by atoms with van der Waals surface area (Å²) >= 11 is 0. The molecule has 1 aliphatic rings. The summed E-state index contributed by atoms with van der Waals surface area (Å²) in [5.41, 5.74) is 9.30. The van der Waals surface area contributed by atoms with Crippen molar-refractivity contribution in [3.05, 3.63) is 54.1 Å². The van der Waals surface area contributed by atoms with Crippen LogP contribution in [0.2, 0.25) is 0 Å². The van der Waals surface area contributed by atoms with Crippen molar-refractivity contribution < 1.29 is 4.79 Å². The van der Waals surface area contributed by atoms with Crippen molar-refractivity contribution in [1.82, 2.24) is 5.32 Å². The van der Waals surface area contributed by atoms with Crippen LogP contribution >= 0.6 is 0 Å². The molecule has 3 N–H and O–H groups in total. The van der Waals surface area contributed by atoms with Gasteiger partial charge in [-0.05, 0) is 36.6 Å². The number of carbonyl (C=O) groups is 1. The van der Waals surface area contributed by atoms with Gasteiger partial charge in [-0.3, -0.25) is 4.79 Å². The summed E-state index contributed by atoms with van der Waals surface area (Å²) in [4.78, 5) is 13.9. The number of nitrogens with zero attached hydrogens (tertiary/aromatic N) is 2. The van der Waals surface area contributed by atoms with E-state index in [2.05, 4.69) is 16.3 Å². The van der Waals surface area contributed by atoms with E-state index < -0.39 is 6.04 Å². The van der Waals surface area contributed by atoms with Crippen molar-refractivity contribution >= 4 is 11.6 Å². The predicted molar refractivity (Wildman–Crippen MR) is 99.0 cm³/mol. The van der Waals surface area contributed by atoms with Crippen LogP contribution in [0.5, 0.6) is 0 Å². The summed E-state index contributed by atoms with van der Waals surface area (Å²) in [6.45, 7) is 3.18. The zero-order valence-electron chi connectivity index (χ0n) is 14.3. The van der Waals surface area contributed by atoms with E-state index in [0.29, 0.717) is 12.1 Å². The average molecular weight is 334 g/mol. The Morgan fingerprint density at radius 3 is 2.72 bits per heavy atom. The summed E-state index contributed by atoms with van der Waals surface area (Å²) in [6.07, 6.45) is 0.851. The minimum atomic E-state index is -0.506. The van der Waals surface area contributed by atoms with Gasteiger partial charge in [-0.1, -0.05) is 36.4 Å². The number of nitriles is 1. The summed E-state index contributed by atoms with van der Waals surface area (Å²) in [6, 6.07) is 17.9. The van der Waals surface area contributed by atoms with Crippen LogP contribution in [0.4, 0.5) is 5.69 Å². The molecule has 1 aliphatic heterocycles. The Morgan fingerprint density at radius 2 is 2.04 bits per heavy atom. The minimum absolute atomic E-state index is 0.0684. The van der Waals surface area contributed by atoms with E-state index in [4.69, 9.17) is 5.73 Å². The zero-order valence-corrected chi connectivity index (χ0v) is 14.3. The first-order valence-electron chi connectivity index (χ1n) is 8.49. The summed E-state index contributed by atoms with van der Waals surface area (Å²) < 4.78 is 0. The fourth-order valence-corrected chi connectivity index (χ4v) is 3.14. The Hall–Kier alpha value is -2.84. The molecule has 2 atom stereocenters. The van der Waals surface area contributed by atoms with Crippen LogP contribution in [-0.2, 0) is 4.79 Å². The molecule has 1 fully saturated rings. The molecular weight excluding hydrogens is 312 g/mol. The van der Waals surface area contributed by atoms with E-state index >= 15 is 0 Å². The van der Waals surface area contributed by atoms with Gasteiger partial charge in [0.2, 0.25) is 5.91 Å². The van der Waals surface area contributed by atoms with Gasteiger partial charge in [-0.25, -0.2) is 0 Å². The number of nitrogens with one attached hydrogen (secondary N) is 1. The maximum absolute atomic E-state index is 11.8. The number of amides is 1. The van der Waals surface area contributed by atoms with Crippen molar-refractivity contribution in [3.63, 3.8) is 0 Å². The van der Waals surface area contributed by atoms with E-state index in [0.717, 1.165) is 29.8 Å². The Balaban J connectivity index is 1.77. The van der Waals surface area contributed by atoms with E-state index in [1.165, 1.54) is 0 Å². The number of hydrogen-bond donors (Lipinski definition) is 2. The molecule has 0 unspecified atom stereocenters. The molecule has 0 aromatic heterocycles. The SMILES string of the molecule is C[C@H](N)C(=O)N[C@H]1CCN(c2ccc(-c3ccccc3)cc2C#N)C1. The Labute approximate surface area is 148 Å². The first kappa shape index (κ1) is 17.0. The summed E-state index contributed by atoms with van der Waals surface area (Å²) in [7, 11) is 0. The highest BCUT2D eigenvalue weighted by atomic mass is 16.2. The molecule has 1 amide bonds. The van der Waals surface area contributed by atoms with Crippen LogP contribution in [0.25, 0.3) is 11.1 Å². The van der Waals surface area contributed by atoms with Crippen LogP contribution in [0, 0.1) is 11.3 Å². The number of benzene rings is 2. The lowest BCUT2D eigenvalue weighted by Crippen LogP contribution is -2.44.